The van der Waals surface area contributed by atoms with Gasteiger partial charge in [0.2, 0.25) is 0 Å². The first-order chi connectivity index (χ1) is 9.29. The van der Waals surface area contributed by atoms with E-state index >= 15 is 0 Å². The van der Waals surface area contributed by atoms with Crippen LogP contribution in [-0.2, 0) is 0 Å². The zero-order valence-corrected chi connectivity index (χ0v) is 10.7. The molecule has 0 aliphatic heterocycles. The number of rotatable bonds is 2. The van der Waals surface area contributed by atoms with Crippen LogP contribution in [0.2, 0.25) is 0 Å². The monoisotopic (exact) mass is 249 g/mol. The van der Waals surface area contributed by atoms with Crippen LogP contribution in [0, 0.1) is 6.92 Å². The molecule has 0 aliphatic rings. The van der Waals surface area contributed by atoms with Gasteiger partial charge in [-0.2, -0.15) is 0 Å². The van der Waals surface area contributed by atoms with E-state index in [0.717, 1.165) is 22.5 Å². The molecule has 2 aromatic heterocycles. The molecule has 3 nitrogen and oxygen atoms in total. The zero-order valence-electron chi connectivity index (χ0n) is 10.7. The Labute approximate surface area is 112 Å². The topological polar surface area (TPSA) is 43.8 Å². The molecule has 3 aromatic rings. The van der Waals surface area contributed by atoms with E-state index in [1.807, 2.05) is 36.7 Å². The maximum atomic E-state index is 5.45. The summed E-state index contributed by atoms with van der Waals surface area (Å²) < 4.78 is 2.07. The average Bonchev–Trinajstić information content (AvgIpc) is 2.80. The van der Waals surface area contributed by atoms with Crippen molar-refractivity contribution in [3.63, 3.8) is 0 Å². The van der Waals surface area contributed by atoms with Crippen LogP contribution >= 0.6 is 0 Å². The summed E-state index contributed by atoms with van der Waals surface area (Å²) in [5.41, 5.74) is 7.68. The van der Waals surface area contributed by atoms with Crippen molar-refractivity contribution in [2.24, 2.45) is 5.73 Å². The number of nitrogens with two attached hydrogens (primary N) is 1. The number of hydrogen-bond acceptors (Lipinski definition) is 2. The van der Waals surface area contributed by atoms with Gasteiger partial charge in [-0.1, -0.05) is 24.3 Å². The van der Waals surface area contributed by atoms with Crippen molar-refractivity contribution in [2.45, 2.75) is 6.92 Å². The summed E-state index contributed by atoms with van der Waals surface area (Å²) in [4.78, 5) is 4.52. The van der Waals surface area contributed by atoms with Crippen molar-refractivity contribution < 1.29 is 0 Å². The number of nitrogens with zero attached hydrogens (tertiary/aromatic N) is 2. The third kappa shape index (κ3) is 1.99. The van der Waals surface area contributed by atoms with Gasteiger partial charge in [-0.05, 0) is 42.3 Å². The molecule has 94 valence electrons. The van der Waals surface area contributed by atoms with Crippen LogP contribution < -0.4 is 5.73 Å². The second kappa shape index (κ2) is 4.61. The van der Waals surface area contributed by atoms with Gasteiger partial charge >= 0.3 is 0 Å². The van der Waals surface area contributed by atoms with Crippen LogP contribution in [0.15, 0.2) is 55.0 Å². The summed E-state index contributed by atoms with van der Waals surface area (Å²) in [7, 11) is 0. The molecule has 0 unspecified atom stereocenters. The van der Waals surface area contributed by atoms with Crippen LogP contribution in [0.5, 0.6) is 0 Å². The van der Waals surface area contributed by atoms with E-state index in [1.54, 1.807) is 6.20 Å². The summed E-state index contributed by atoms with van der Waals surface area (Å²) in [6, 6.07) is 12.4. The number of pyridine rings is 1. The quantitative estimate of drug-likeness (QED) is 0.757. The Balaban J connectivity index is 2.14. The summed E-state index contributed by atoms with van der Waals surface area (Å²) in [5.74, 6) is 0.924. The molecular formula is C16H15N3. The Bertz CT molecular complexity index is 754. The fourth-order valence-electron chi connectivity index (χ4n) is 2.26. The van der Waals surface area contributed by atoms with Gasteiger partial charge in [0.15, 0.2) is 0 Å². The Morgan fingerprint density at radius 2 is 1.95 bits per heavy atom. The van der Waals surface area contributed by atoms with Crippen molar-refractivity contribution in [3.05, 3.63) is 66.2 Å². The van der Waals surface area contributed by atoms with Crippen LogP contribution in [-0.4, -0.2) is 9.55 Å². The van der Waals surface area contributed by atoms with Crippen molar-refractivity contribution >= 4 is 16.8 Å². The summed E-state index contributed by atoms with van der Waals surface area (Å²) in [6.45, 7) is 2.06. The van der Waals surface area contributed by atoms with Crippen LogP contribution in [0.25, 0.3) is 22.7 Å². The van der Waals surface area contributed by atoms with Gasteiger partial charge in [0.25, 0.3) is 0 Å². The Morgan fingerprint density at radius 3 is 2.74 bits per heavy atom. The lowest BCUT2D eigenvalue weighted by molar-refractivity contribution is 0.965. The number of benzene rings is 1. The first-order valence-corrected chi connectivity index (χ1v) is 6.21. The predicted molar refractivity (Wildman–Crippen MR) is 79.0 cm³/mol. The lowest BCUT2D eigenvalue weighted by Gasteiger charge is -2.07. The molecule has 0 aliphatic carbocycles. The molecule has 0 radical (unpaired) electrons. The van der Waals surface area contributed by atoms with E-state index in [2.05, 4.69) is 34.7 Å². The molecule has 0 saturated heterocycles. The van der Waals surface area contributed by atoms with Gasteiger partial charge in [-0.3, -0.25) is 0 Å². The van der Waals surface area contributed by atoms with Crippen molar-refractivity contribution in [2.75, 3.05) is 0 Å². The second-order valence-corrected chi connectivity index (χ2v) is 4.48. The highest BCUT2D eigenvalue weighted by molar-refractivity contribution is 5.82. The third-order valence-electron chi connectivity index (χ3n) is 3.32. The van der Waals surface area contributed by atoms with E-state index in [0.29, 0.717) is 0 Å². The lowest BCUT2D eigenvalue weighted by atomic mass is 10.2. The van der Waals surface area contributed by atoms with Crippen molar-refractivity contribution in [1.82, 2.24) is 9.55 Å². The highest BCUT2D eigenvalue weighted by atomic mass is 15.1. The van der Waals surface area contributed by atoms with Crippen molar-refractivity contribution in [3.8, 4) is 5.82 Å². The standard InChI is InChI=1S/C16H15N3/c1-12-13(6-8-17)7-9-19(12)16-10-14-4-2-3-5-15(14)11-18-16/h2-11H,17H2,1H3/b8-6-. The first-order valence-electron chi connectivity index (χ1n) is 6.21. The summed E-state index contributed by atoms with van der Waals surface area (Å²) >= 11 is 0. The Kier molecular flexibility index (Phi) is 2.80. The maximum absolute atomic E-state index is 5.45. The van der Waals surface area contributed by atoms with E-state index in [1.165, 1.54) is 5.39 Å². The number of fused-ring (bicyclic) bond motifs is 1. The molecule has 19 heavy (non-hydrogen) atoms. The lowest BCUT2D eigenvalue weighted by Crippen LogP contribution is -1.98. The van der Waals surface area contributed by atoms with E-state index in [-0.39, 0.29) is 0 Å². The number of hydrogen-bond donors (Lipinski definition) is 1. The van der Waals surface area contributed by atoms with Crippen molar-refractivity contribution in [1.29, 1.82) is 0 Å². The van der Waals surface area contributed by atoms with Crippen LogP contribution in [0.4, 0.5) is 0 Å². The molecule has 0 spiro atoms. The Hall–Kier alpha value is -2.55. The predicted octanol–water partition coefficient (Wildman–Crippen LogP) is 3.26. The molecule has 3 heteroatoms. The molecule has 3 rings (SSSR count). The highest BCUT2D eigenvalue weighted by Gasteiger charge is 2.05. The van der Waals surface area contributed by atoms with Crippen LogP contribution in [0.3, 0.4) is 0 Å². The van der Waals surface area contributed by atoms with E-state index in [9.17, 15) is 0 Å². The molecule has 0 saturated carbocycles. The molecule has 1 aromatic carbocycles. The summed E-state index contributed by atoms with van der Waals surface area (Å²) in [5, 5.41) is 2.34. The average molecular weight is 249 g/mol. The molecule has 2 N–H and O–H groups in total. The minimum absolute atomic E-state index is 0.924. The van der Waals surface area contributed by atoms with Crippen LogP contribution in [0.1, 0.15) is 11.3 Å². The maximum Gasteiger partial charge on any atom is 0.137 e. The molecule has 0 fully saturated rings. The highest BCUT2D eigenvalue weighted by Crippen LogP contribution is 2.20. The summed E-state index contributed by atoms with van der Waals surface area (Å²) in [6.07, 6.45) is 7.37. The van der Waals surface area contributed by atoms with Gasteiger partial charge in [-0.25, -0.2) is 4.98 Å². The van der Waals surface area contributed by atoms with Gasteiger partial charge in [-0.15, -0.1) is 0 Å². The molecule has 0 atom stereocenters. The fourth-order valence-corrected chi connectivity index (χ4v) is 2.26. The molecule has 0 bridgehead atoms. The SMILES string of the molecule is Cc1c(/C=C\N)ccn1-c1cc2ccccc2cn1. The zero-order chi connectivity index (χ0) is 13.2. The fraction of sp³-hybridized carbons (Fsp3) is 0.0625. The largest absolute Gasteiger partial charge is 0.405 e. The van der Waals surface area contributed by atoms with Gasteiger partial charge in [0.1, 0.15) is 5.82 Å². The minimum Gasteiger partial charge on any atom is -0.405 e. The first kappa shape index (κ1) is 11.5. The smallest absolute Gasteiger partial charge is 0.137 e. The van der Waals surface area contributed by atoms with Gasteiger partial charge in [0.05, 0.1) is 0 Å². The second-order valence-electron chi connectivity index (χ2n) is 4.48. The minimum atomic E-state index is 0.924. The molecule has 2 heterocycles. The normalized spacial score (nSPS) is 11.4. The van der Waals surface area contributed by atoms with E-state index in [4.69, 9.17) is 5.73 Å². The van der Waals surface area contributed by atoms with Gasteiger partial charge < -0.3 is 10.3 Å². The molecular weight excluding hydrogens is 234 g/mol. The Morgan fingerprint density at radius 1 is 1.16 bits per heavy atom. The van der Waals surface area contributed by atoms with E-state index < -0.39 is 0 Å². The molecule has 0 amide bonds. The number of aromatic nitrogens is 2. The third-order valence-corrected chi connectivity index (χ3v) is 3.32. The van der Waals surface area contributed by atoms with Gasteiger partial charge in [0, 0.05) is 23.5 Å².